The van der Waals surface area contributed by atoms with Crippen LogP contribution in [0, 0.1) is 5.41 Å². The van der Waals surface area contributed by atoms with E-state index < -0.39 is 11.5 Å². The number of ether oxygens (including phenoxy) is 1. The van der Waals surface area contributed by atoms with Gasteiger partial charge in [-0.15, -0.1) is 6.58 Å². The van der Waals surface area contributed by atoms with E-state index in [0.29, 0.717) is 17.9 Å². The van der Waals surface area contributed by atoms with Crippen LogP contribution >= 0.6 is 0 Å². The Morgan fingerprint density at radius 1 is 1.17 bits per heavy atom. The van der Waals surface area contributed by atoms with E-state index in [1.165, 1.54) is 0 Å². The molecule has 1 atom stereocenters. The fourth-order valence-corrected chi connectivity index (χ4v) is 3.01. The molecular weight excluding hydrogens is 364 g/mol. The van der Waals surface area contributed by atoms with Gasteiger partial charge in [0, 0.05) is 16.7 Å². The van der Waals surface area contributed by atoms with Crippen molar-refractivity contribution in [2.45, 2.75) is 33.2 Å². The van der Waals surface area contributed by atoms with Crippen LogP contribution in [-0.2, 0) is 4.79 Å². The molecule has 150 valence electrons. The lowest BCUT2D eigenvalue weighted by Crippen LogP contribution is -2.42. The summed E-state index contributed by atoms with van der Waals surface area (Å²) in [5.41, 5.74) is 1.76. The predicted molar refractivity (Wildman–Crippen MR) is 117 cm³/mol. The summed E-state index contributed by atoms with van der Waals surface area (Å²) >= 11 is 0. The molecule has 0 bridgehead atoms. The number of para-hydroxylation sites is 1. The molecule has 0 fully saturated rings. The summed E-state index contributed by atoms with van der Waals surface area (Å²) in [6.45, 7) is 9.39. The maximum absolute atomic E-state index is 13.0. The van der Waals surface area contributed by atoms with Gasteiger partial charge in [0.05, 0.1) is 11.7 Å². The molecule has 0 radical (unpaired) electrons. The van der Waals surface area contributed by atoms with Crippen LogP contribution in [0.5, 0.6) is 5.75 Å². The first kappa shape index (κ1) is 20.4. The Balaban J connectivity index is 1.90. The highest BCUT2D eigenvalue weighted by Crippen LogP contribution is 2.33. The lowest BCUT2D eigenvalue weighted by Gasteiger charge is -2.33. The number of benzene rings is 2. The van der Waals surface area contributed by atoms with E-state index in [9.17, 15) is 9.59 Å². The number of carbonyl (C=O) groups is 2. The molecular formula is C24H26N2O3. The van der Waals surface area contributed by atoms with Gasteiger partial charge in [-0.3, -0.25) is 9.69 Å². The summed E-state index contributed by atoms with van der Waals surface area (Å²) in [7, 11) is 0. The first-order valence-corrected chi connectivity index (χ1v) is 9.60. The van der Waals surface area contributed by atoms with Crippen LogP contribution in [0.3, 0.4) is 0 Å². The number of nitrogens with zero attached hydrogens (tertiary/aromatic N) is 1. The fourth-order valence-electron chi connectivity index (χ4n) is 3.01. The third-order valence-electron chi connectivity index (χ3n) is 4.61. The van der Waals surface area contributed by atoms with Crippen molar-refractivity contribution in [3.05, 3.63) is 72.8 Å². The molecule has 0 spiro atoms. The minimum Gasteiger partial charge on any atom is -0.410 e. The normalized spacial score (nSPS) is 15.4. The van der Waals surface area contributed by atoms with E-state index in [4.69, 9.17) is 4.74 Å². The zero-order chi connectivity index (χ0) is 21.0. The number of carbonyl (C=O) groups excluding carboxylic acids is 2. The van der Waals surface area contributed by atoms with E-state index in [1.807, 2.05) is 63.3 Å². The summed E-state index contributed by atoms with van der Waals surface area (Å²) in [4.78, 5) is 26.9. The third-order valence-corrected chi connectivity index (χ3v) is 4.61. The molecule has 1 aliphatic rings. The SMILES string of the molecule is C=CCC1C=Cc2cc(NC(=O)C(C)(C)C)ccc2N1C(=O)Oc1ccccc1. The van der Waals surface area contributed by atoms with Crippen LogP contribution < -0.4 is 15.0 Å². The first-order chi connectivity index (χ1) is 13.8. The Hall–Kier alpha value is -3.34. The van der Waals surface area contributed by atoms with Gasteiger partial charge in [-0.05, 0) is 36.8 Å². The molecule has 0 saturated carbocycles. The van der Waals surface area contributed by atoms with Crippen LogP contribution in [0.15, 0.2) is 67.3 Å². The number of anilines is 2. The molecule has 1 aliphatic heterocycles. The van der Waals surface area contributed by atoms with Crippen molar-refractivity contribution in [1.82, 2.24) is 0 Å². The molecule has 29 heavy (non-hydrogen) atoms. The Kier molecular flexibility index (Phi) is 5.87. The van der Waals surface area contributed by atoms with Gasteiger partial charge in [0.25, 0.3) is 0 Å². The summed E-state index contributed by atoms with van der Waals surface area (Å²) in [6, 6.07) is 14.3. The third kappa shape index (κ3) is 4.74. The molecule has 2 amide bonds. The number of fused-ring (bicyclic) bond motifs is 1. The number of amides is 2. The molecule has 3 rings (SSSR count). The number of rotatable bonds is 4. The molecule has 2 aromatic carbocycles. The van der Waals surface area contributed by atoms with Gasteiger partial charge in [-0.1, -0.05) is 57.2 Å². The smallest absolute Gasteiger partial charge is 0.410 e. The lowest BCUT2D eigenvalue weighted by atomic mass is 9.95. The van der Waals surface area contributed by atoms with Gasteiger partial charge in [0.2, 0.25) is 5.91 Å². The lowest BCUT2D eigenvalue weighted by molar-refractivity contribution is -0.123. The van der Waals surface area contributed by atoms with Gasteiger partial charge in [-0.25, -0.2) is 4.79 Å². The Morgan fingerprint density at radius 3 is 2.55 bits per heavy atom. The van der Waals surface area contributed by atoms with Gasteiger partial charge in [-0.2, -0.15) is 0 Å². The van der Waals surface area contributed by atoms with Gasteiger partial charge in [0.1, 0.15) is 5.75 Å². The average molecular weight is 390 g/mol. The molecule has 0 aliphatic carbocycles. The van der Waals surface area contributed by atoms with Gasteiger partial charge >= 0.3 is 6.09 Å². The number of hydrogen-bond acceptors (Lipinski definition) is 3. The zero-order valence-electron chi connectivity index (χ0n) is 17.0. The van der Waals surface area contributed by atoms with E-state index in [-0.39, 0.29) is 11.9 Å². The van der Waals surface area contributed by atoms with Crippen molar-refractivity contribution < 1.29 is 14.3 Å². The summed E-state index contributed by atoms with van der Waals surface area (Å²) in [5.74, 6) is 0.419. The van der Waals surface area contributed by atoms with E-state index in [0.717, 1.165) is 11.3 Å². The molecule has 1 heterocycles. The Morgan fingerprint density at radius 2 is 1.90 bits per heavy atom. The molecule has 2 aromatic rings. The maximum Gasteiger partial charge on any atom is 0.420 e. The highest BCUT2D eigenvalue weighted by molar-refractivity contribution is 5.98. The number of nitrogens with one attached hydrogen (secondary N) is 1. The zero-order valence-corrected chi connectivity index (χ0v) is 17.0. The predicted octanol–water partition coefficient (Wildman–Crippen LogP) is 5.65. The van der Waals surface area contributed by atoms with Gasteiger partial charge < -0.3 is 10.1 Å². The van der Waals surface area contributed by atoms with E-state index in [2.05, 4.69) is 11.9 Å². The summed E-state index contributed by atoms with van der Waals surface area (Å²) < 4.78 is 5.58. The molecule has 1 unspecified atom stereocenters. The standard InChI is InChI=1S/C24H26N2O3/c1-5-9-19-14-12-17-16-18(25-22(27)24(2,3)4)13-15-21(17)26(19)23(28)29-20-10-7-6-8-11-20/h5-8,10-16,19H,1,9H2,2-4H3,(H,25,27). The van der Waals surface area contributed by atoms with Crippen molar-refractivity contribution >= 4 is 29.5 Å². The Bertz CT molecular complexity index is 942. The van der Waals surface area contributed by atoms with Crippen LogP contribution in [0.2, 0.25) is 0 Å². The van der Waals surface area contributed by atoms with Crippen LogP contribution in [0.25, 0.3) is 6.08 Å². The van der Waals surface area contributed by atoms with Crippen LogP contribution in [0.1, 0.15) is 32.8 Å². The molecule has 5 heteroatoms. The quantitative estimate of drug-likeness (QED) is 0.687. The van der Waals surface area contributed by atoms with Crippen molar-refractivity contribution in [3.8, 4) is 5.75 Å². The summed E-state index contributed by atoms with van der Waals surface area (Å²) in [6.07, 6.45) is 5.83. The second-order valence-corrected chi connectivity index (χ2v) is 7.98. The maximum atomic E-state index is 13.0. The summed E-state index contributed by atoms with van der Waals surface area (Å²) in [5, 5.41) is 2.93. The van der Waals surface area contributed by atoms with Crippen LogP contribution in [-0.4, -0.2) is 18.0 Å². The topological polar surface area (TPSA) is 58.6 Å². The monoisotopic (exact) mass is 390 g/mol. The number of hydrogen-bond donors (Lipinski definition) is 1. The minimum atomic E-state index is -0.494. The molecule has 0 aromatic heterocycles. The van der Waals surface area contributed by atoms with Crippen LogP contribution in [0.4, 0.5) is 16.2 Å². The van der Waals surface area contributed by atoms with E-state index >= 15 is 0 Å². The molecule has 5 nitrogen and oxygen atoms in total. The highest BCUT2D eigenvalue weighted by Gasteiger charge is 2.29. The average Bonchev–Trinajstić information content (AvgIpc) is 2.68. The molecule has 1 N–H and O–H groups in total. The highest BCUT2D eigenvalue weighted by atomic mass is 16.6. The first-order valence-electron chi connectivity index (χ1n) is 9.60. The Labute approximate surface area is 171 Å². The van der Waals surface area contributed by atoms with Gasteiger partial charge in [0.15, 0.2) is 0 Å². The second-order valence-electron chi connectivity index (χ2n) is 7.98. The molecule has 0 saturated heterocycles. The van der Waals surface area contributed by atoms with Crippen molar-refractivity contribution in [1.29, 1.82) is 0 Å². The fraction of sp³-hybridized carbons (Fsp3) is 0.250. The van der Waals surface area contributed by atoms with Crippen molar-refractivity contribution in [2.75, 3.05) is 10.2 Å². The minimum absolute atomic E-state index is 0.0675. The second kappa shape index (κ2) is 8.35. The van der Waals surface area contributed by atoms with Crippen molar-refractivity contribution in [3.63, 3.8) is 0 Å². The van der Waals surface area contributed by atoms with E-state index in [1.54, 1.807) is 29.2 Å². The largest absolute Gasteiger partial charge is 0.420 e. The van der Waals surface area contributed by atoms with Crippen molar-refractivity contribution in [2.24, 2.45) is 5.41 Å².